The number of halogens is 1. The second kappa shape index (κ2) is 5.99. The number of thiazole rings is 1. The molecule has 1 aliphatic rings. The molecule has 0 aliphatic carbocycles. The van der Waals surface area contributed by atoms with E-state index in [1.807, 2.05) is 12.1 Å². The molecule has 0 radical (unpaired) electrons. The van der Waals surface area contributed by atoms with Crippen molar-refractivity contribution < 1.29 is 4.39 Å². The van der Waals surface area contributed by atoms with E-state index in [1.54, 1.807) is 17.4 Å². The molecule has 0 bridgehead atoms. The van der Waals surface area contributed by atoms with Gasteiger partial charge in [0.1, 0.15) is 5.82 Å². The molecule has 3 nitrogen and oxygen atoms in total. The molecule has 2 aromatic rings. The Kier molecular flexibility index (Phi) is 4.10. The van der Waals surface area contributed by atoms with Gasteiger partial charge in [0.25, 0.3) is 0 Å². The lowest BCUT2D eigenvalue weighted by atomic mass is 10.1. The van der Waals surface area contributed by atoms with Gasteiger partial charge in [0.2, 0.25) is 0 Å². The van der Waals surface area contributed by atoms with E-state index in [0.29, 0.717) is 13.0 Å². The van der Waals surface area contributed by atoms with Crippen LogP contribution in [0.25, 0.3) is 0 Å². The van der Waals surface area contributed by atoms with Crippen molar-refractivity contribution in [2.75, 3.05) is 19.6 Å². The maximum atomic E-state index is 13.7. The summed E-state index contributed by atoms with van der Waals surface area (Å²) in [6.45, 7) is 3.57. The van der Waals surface area contributed by atoms with E-state index < -0.39 is 0 Å². The van der Waals surface area contributed by atoms with Gasteiger partial charge in [-0.2, -0.15) is 0 Å². The van der Waals surface area contributed by atoms with Crippen LogP contribution in [-0.4, -0.2) is 29.5 Å². The normalized spacial score (nSPS) is 15.3. The van der Waals surface area contributed by atoms with Crippen LogP contribution in [0.3, 0.4) is 0 Å². The van der Waals surface area contributed by atoms with Crippen molar-refractivity contribution in [1.29, 1.82) is 0 Å². The molecule has 106 valence electrons. The summed E-state index contributed by atoms with van der Waals surface area (Å²) in [4.78, 5) is 8.35. The second-order valence-electron chi connectivity index (χ2n) is 5.06. The quantitative estimate of drug-likeness (QED) is 0.939. The average Bonchev–Trinajstić information content (AvgIpc) is 2.83. The minimum absolute atomic E-state index is 0.148. The molecule has 0 spiro atoms. The van der Waals surface area contributed by atoms with E-state index in [-0.39, 0.29) is 5.82 Å². The van der Waals surface area contributed by atoms with Crippen LogP contribution < -0.4 is 5.73 Å². The highest BCUT2D eigenvalue weighted by Gasteiger charge is 2.20. The Morgan fingerprint density at radius 2 is 2.20 bits per heavy atom. The van der Waals surface area contributed by atoms with E-state index in [9.17, 15) is 4.39 Å². The largest absolute Gasteiger partial charge is 0.329 e. The summed E-state index contributed by atoms with van der Waals surface area (Å²) in [5.41, 5.74) is 7.52. The molecule has 3 rings (SSSR count). The topological polar surface area (TPSA) is 42.1 Å². The van der Waals surface area contributed by atoms with E-state index in [0.717, 1.165) is 36.6 Å². The number of aromatic nitrogens is 1. The van der Waals surface area contributed by atoms with Crippen LogP contribution in [0.15, 0.2) is 24.3 Å². The summed E-state index contributed by atoms with van der Waals surface area (Å²) in [5, 5.41) is 1.01. The van der Waals surface area contributed by atoms with Gasteiger partial charge in [0.05, 0.1) is 10.7 Å². The van der Waals surface area contributed by atoms with E-state index in [4.69, 9.17) is 5.73 Å². The molecule has 1 aromatic carbocycles. The summed E-state index contributed by atoms with van der Waals surface area (Å²) in [6.07, 6.45) is 1.56. The van der Waals surface area contributed by atoms with Crippen molar-refractivity contribution >= 4 is 11.3 Å². The van der Waals surface area contributed by atoms with Gasteiger partial charge in [-0.25, -0.2) is 9.37 Å². The maximum Gasteiger partial charge on any atom is 0.126 e. The summed E-state index contributed by atoms with van der Waals surface area (Å²) >= 11 is 1.71. The van der Waals surface area contributed by atoms with Gasteiger partial charge in [-0.15, -0.1) is 11.3 Å². The van der Waals surface area contributed by atoms with Crippen LogP contribution in [0.1, 0.15) is 21.1 Å². The van der Waals surface area contributed by atoms with Crippen molar-refractivity contribution in [3.05, 3.63) is 51.2 Å². The lowest BCUT2D eigenvalue weighted by Crippen LogP contribution is -2.33. The molecular weight excluding hydrogens is 273 g/mol. The molecule has 0 fully saturated rings. The Morgan fingerprint density at radius 3 is 3.00 bits per heavy atom. The van der Waals surface area contributed by atoms with Crippen molar-refractivity contribution in [1.82, 2.24) is 9.88 Å². The van der Waals surface area contributed by atoms with Crippen molar-refractivity contribution in [3.8, 4) is 0 Å². The highest BCUT2D eigenvalue weighted by atomic mass is 32.1. The Morgan fingerprint density at radius 1 is 1.35 bits per heavy atom. The first kappa shape index (κ1) is 13.7. The second-order valence-corrected chi connectivity index (χ2v) is 6.23. The molecule has 0 amide bonds. The Labute approximate surface area is 122 Å². The average molecular weight is 291 g/mol. The highest BCUT2D eigenvalue weighted by Crippen LogP contribution is 2.26. The van der Waals surface area contributed by atoms with Gasteiger partial charge >= 0.3 is 0 Å². The van der Waals surface area contributed by atoms with E-state index >= 15 is 0 Å². The first-order valence-corrected chi connectivity index (χ1v) is 7.71. The molecule has 20 heavy (non-hydrogen) atoms. The number of nitrogens with two attached hydrogens (primary N) is 1. The smallest absolute Gasteiger partial charge is 0.126 e. The predicted octanol–water partition coefficient (Wildman–Crippen LogP) is 2.19. The minimum atomic E-state index is -0.148. The van der Waals surface area contributed by atoms with Crippen LogP contribution in [0.4, 0.5) is 4.39 Å². The van der Waals surface area contributed by atoms with Gasteiger partial charge in [-0.05, 0) is 11.6 Å². The molecule has 2 heterocycles. The molecule has 5 heteroatoms. The van der Waals surface area contributed by atoms with Gasteiger partial charge in [0, 0.05) is 43.9 Å². The van der Waals surface area contributed by atoms with Crippen molar-refractivity contribution in [2.24, 2.45) is 5.73 Å². The van der Waals surface area contributed by atoms with Crippen molar-refractivity contribution in [3.63, 3.8) is 0 Å². The van der Waals surface area contributed by atoms with Crippen LogP contribution in [0, 0.1) is 5.82 Å². The molecular formula is C15H18FN3S. The maximum absolute atomic E-state index is 13.7. The first-order chi connectivity index (χ1) is 9.76. The van der Waals surface area contributed by atoms with Gasteiger partial charge in [0.15, 0.2) is 0 Å². The third-order valence-electron chi connectivity index (χ3n) is 3.60. The number of nitrogens with zero attached hydrogens (tertiary/aromatic N) is 2. The fourth-order valence-electron chi connectivity index (χ4n) is 2.56. The van der Waals surface area contributed by atoms with E-state index in [1.165, 1.54) is 16.6 Å². The zero-order valence-corrected chi connectivity index (χ0v) is 12.1. The molecule has 1 aliphatic heterocycles. The third-order valence-corrected chi connectivity index (χ3v) is 4.68. The summed E-state index contributed by atoms with van der Waals surface area (Å²) in [6, 6.07) is 6.92. The summed E-state index contributed by atoms with van der Waals surface area (Å²) < 4.78 is 13.7. The van der Waals surface area contributed by atoms with Crippen LogP contribution in [0.2, 0.25) is 0 Å². The first-order valence-electron chi connectivity index (χ1n) is 6.89. The Balaban J connectivity index is 1.76. The fraction of sp³-hybridized carbons (Fsp3) is 0.400. The monoisotopic (exact) mass is 291 g/mol. The number of fused-ring (bicyclic) bond motifs is 1. The lowest BCUT2D eigenvalue weighted by Gasteiger charge is -2.24. The minimum Gasteiger partial charge on any atom is -0.329 e. The van der Waals surface area contributed by atoms with Crippen LogP contribution in [0.5, 0.6) is 0 Å². The summed E-state index contributed by atoms with van der Waals surface area (Å²) in [7, 11) is 0. The van der Waals surface area contributed by atoms with Crippen LogP contribution >= 0.6 is 11.3 Å². The standard InChI is InChI=1S/C15H18FN3S/c16-12-4-2-1-3-11(12)9-15-18-13-5-7-19(8-6-17)10-14(13)20-15/h1-4H,5-10,17H2. The SMILES string of the molecule is NCCN1CCc2nc(Cc3ccccc3F)sc2C1. The van der Waals surface area contributed by atoms with E-state index in [2.05, 4.69) is 9.88 Å². The highest BCUT2D eigenvalue weighted by molar-refractivity contribution is 7.11. The molecule has 0 saturated carbocycles. The summed E-state index contributed by atoms with van der Waals surface area (Å²) in [5.74, 6) is -0.148. The molecule has 0 saturated heterocycles. The Hall–Kier alpha value is -1.30. The lowest BCUT2D eigenvalue weighted by molar-refractivity contribution is 0.263. The Bertz CT molecular complexity index is 597. The molecule has 1 aromatic heterocycles. The molecule has 2 N–H and O–H groups in total. The molecule has 0 unspecified atom stereocenters. The predicted molar refractivity (Wildman–Crippen MR) is 79.4 cm³/mol. The van der Waals surface area contributed by atoms with Crippen LogP contribution in [-0.2, 0) is 19.4 Å². The number of benzene rings is 1. The van der Waals surface area contributed by atoms with Gasteiger partial charge < -0.3 is 5.73 Å². The van der Waals surface area contributed by atoms with Gasteiger partial charge in [-0.3, -0.25) is 4.90 Å². The fourth-order valence-corrected chi connectivity index (χ4v) is 3.74. The molecule has 0 atom stereocenters. The van der Waals surface area contributed by atoms with Crippen molar-refractivity contribution in [2.45, 2.75) is 19.4 Å². The number of rotatable bonds is 4. The van der Waals surface area contributed by atoms with Gasteiger partial charge in [-0.1, -0.05) is 18.2 Å². The number of hydrogen-bond donors (Lipinski definition) is 1. The number of hydrogen-bond acceptors (Lipinski definition) is 4. The zero-order chi connectivity index (χ0) is 13.9. The zero-order valence-electron chi connectivity index (χ0n) is 11.3. The third kappa shape index (κ3) is 2.90.